The van der Waals surface area contributed by atoms with E-state index in [1.165, 1.54) is 16.2 Å². The van der Waals surface area contributed by atoms with Gasteiger partial charge in [0, 0.05) is 12.0 Å². The number of ether oxygens (including phenoxy) is 3. The van der Waals surface area contributed by atoms with Gasteiger partial charge >= 0.3 is 5.91 Å². The molecule has 0 radical (unpaired) electrons. The van der Waals surface area contributed by atoms with Gasteiger partial charge in [0.05, 0.1) is 35.0 Å². The Morgan fingerprint density at radius 2 is 1.89 bits per heavy atom. The number of carbonyl (C=O) groups is 2. The van der Waals surface area contributed by atoms with Crippen molar-refractivity contribution in [2.75, 3.05) is 18.1 Å². The number of benzene rings is 3. The lowest BCUT2D eigenvalue weighted by atomic mass is 9.94. The summed E-state index contributed by atoms with van der Waals surface area (Å²) in [4.78, 5) is 34.0. The third-order valence-electron chi connectivity index (χ3n) is 8.17. The molecule has 1 fully saturated rings. The summed E-state index contributed by atoms with van der Waals surface area (Å²) in [5.41, 5.74) is 4.82. The van der Waals surface area contributed by atoms with Crippen molar-refractivity contribution in [3.63, 3.8) is 0 Å². The summed E-state index contributed by atoms with van der Waals surface area (Å²) < 4.78 is 18.8. The van der Waals surface area contributed by atoms with Crippen molar-refractivity contribution in [1.82, 2.24) is 4.98 Å². The number of aliphatic hydroxyl groups excluding tert-OH is 1. The first-order chi connectivity index (χ1) is 21.5. The second kappa shape index (κ2) is 12.2. The normalized spacial score (nSPS) is 19.0. The first kappa shape index (κ1) is 30.6. The van der Waals surface area contributed by atoms with Gasteiger partial charge in [-0.2, -0.15) is 0 Å². The van der Waals surface area contributed by atoms with Crippen molar-refractivity contribution in [2.24, 2.45) is 5.92 Å². The highest BCUT2D eigenvalue weighted by molar-refractivity contribution is 7.22. The maximum Gasteiger partial charge on any atom is 0.301 e. The Hall–Kier alpha value is -4.37. The van der Waals surface area contributed by atoms with E-state index in [9.17, 15) is 14.7 Å². The number of hydrogen-bond acceptors (Lipinski definition) is 8. The molecule has 3 heterocycles. The Labute approximate surface area is 267 Å². The molecule has 2 atom stereocenters. The van der Waals surface area contributed by atoms with Crippen molar-refractivity contribution < 1.29 is 28.9 Å². The lowest BCUT2D eigenvalue weighted by Gasteiger charge is -2.24. The molecular formula is C36H38N2O6S. The van der Waals surface area contributed by atoms with E-state index in [0.717, 1.165) is 39.1 Å². The van der Waals surface area contributed by atoms with Gasteiger partial charge in [-0.05, 0) is 98.7 Å². The van der Waals surface area contributed by atoms with Crippen molar-refractivity contribution in [2.45, 2.75) is 66.5 Å². The highest BCUT2D eigenvalue weighted by Crippen LogP contribution is 2.46. The average molecular weight is 627 g/mol. The van der Waals surface area contributed by atoms with Crippen LogP contribution in [0.1, 0.15) is 68.0 Å². The standard InChI is InChI=1S/C36H38N2O6S/c1-7-42-28-18-23(8-11-27(28)43-13-12-19(2)3)32-30(33(39)24-9-10-26-25(17-24)16-22(6)44-26)34(40)35(41)38(32)36-37-31-21(5)14-20(4)15-29(31)45-36/h8-11,14-15,17-19,22,32,39H,7,12-13,16H2,1-6H3/b33-30+/t22-,32+/m0/s1. The Morgan fingerprint density at radius 1 is 1.09 bits per heavy atom. The minimum atomic E-state index is -0.945. The van der Waals surface area contributed by atoms with Gasteiger partial charge in [0.1, 0.15) is 17.6 Å². The van der Waals surface area contributed by atoms with E-state index in [-0.39, 0.29) is 17.4 Å². The van der Waals surface area contributed by atoms with Crippen LogP contribution in [-0.2, 0) is 16.0 Å². The van der Waals surface area contributed by atoms with Crippen LogP contribution in [0.2, 0.25) is 0 Å². The summed E-state index contributed by atoms with van der Waals surface area (Å²) in [6.07, 6.45) is 1.59. The molecule has 6 rings (SSSR count). The Morgan fingerprint density at radius 3 is 2.64 bits per heavy atom. The molecule has 0 saturated carbocycles. The zero-order valence-corrected chi connectivity index (χ0v) is 27.3. The summed E-state index contributed by atoms with van der Waals surface area (Å²) >= 11 is 1.35. The van der Waals surface area contributed by atoms with Crippen LogP contribution in [0.5, 0.6) is 17.2 Å². The number of rotatable bonds is 9. The Kier molecular flexibility index (Phi) is 8.31. The molecule has 234 valence electrons. The molecule has 2 aliphatic rings. The van der Waals surface area contributed by atoms with Gasteiger partial charge in [-0.15, -0.1) is 0 Å². The molecule has 0 aliphatic carbocycles. The number of ketones is 1. The summed E-state index contributed by atoms with van der Waals surface area (Å²) in [5.74, 6) is 0.557. The number of anilines is 1. The van der Waals surface area contributed by atoms with E-state index < -0.39 is 17.7 Å². The van der Waals surface area contributed by atoms with Crippen molar-refractivity contribution in [3.8, 4) is 17.2 Å². The molecule has 4 aromatic rings. The number of hydrogen-bond donors (Lipinski definition) is 1. The third-order valence-corrected chi connectivity index (χ3v) is 9.18. The molecule has 0 bridgehead atoms. The van der Waals surface area contributed by atoms with Gasteiger partial charge in [0.15, 0.2) is 16.6 Å². The number of aromatic nitrogens is 1. The lowest BCUT2D eigenvalue weighted by Crippen LogP contribution is -2.29. The number of nitrogens with zero attached hydrogens (tertiary/aromatic N) is 2. The number of Topliss-reactive ketones (excluding diaryl/α,β-unsaturated/α-hetero) is 1. The van der Waals surface area contributed by atoms with Crippen LogP contribution in [0, 0.1) is 19.8 Å². The molecule has 3 aromatic carbocycles. The minimum Gasteiger partial charge on any atom is -0.507 e. The number of carbonyl (C=O) groups excluding carboxylic acids is 2. The van der Waals surface area contributed by atoms with Crippen LogP contribution in [0.4, 0.5) is 5.13 Å². The molecule has 8 nitrogen and oxygen atoms in total. The zero-order chi connectivity index (χ0) is 32.0. The smallest absolute Gasteiger partial charge is 0.301 e. The number of thiazole rings is 1. The summed E-state index contributed by atoms with van der Waals surface area (Å²) in [5, 5.41) is 12.2. The van der Waals surface area contributed by atoms with E-state index >= 15 is 0 Å². The molecule has 1 N–H and O–H groups in total. The summed E-state index contributed by atoms with van der Waals surface area (Å²) in [6, 6.07) is 13.9. The molecule has 0 spiro atoms. The number of amides is 1. The second-order valence-electron chi connectivity index (χ2n) is 12.2. The Bertz CT molecular complexity index is 1840. The topological polar surface area (TPSA) is 98.2 Å². The van der Waals surface area contributed by atoms with Crippen molar-refractivity contribution in [1.29, 1.82) is 0 Å². The maximum atomic E-state index is 13.9. The minimum absolute atomic E-state index is 0.00463. The predicted octanol–water partition coefficient (Wildman–Crippen LogP) is 7.69. The van der Waals surface area contributed by atoms with Gasteiger partial charge in [-0.25, -0.2) is 4.98 Å². The summed E-state index contributed by atoms with van der Waals surface area (Å²) in [7, 11) is 0. The van der Waals surface area contributed by atoms with Gasteiger partial charge in [0.2, 0.25) is 0 Å². The average Bonchev–Trinajstić information content (AvgIpc) is 3.65. The summed E-state index contributed by atoms with van der Waals surface area (Å²) in [6.45, 7) is 13.1. The monoisotopic (exact) mass is 626 g/mol. The van der Waals surface area contributed by atoms with E-state index in [2.05, 4.69) is 13.8 Å². The van der Waals surface area contributed by atoms with Gasteiger partial charge in [-0.3, -0.25) is 14.5 Å². The molecular weight excluding hydrogens is 588 g/mol. The van der Waals surface area contributed by atoms with Crippen LogP contribution in [0.15, 0.2) is 54.1 Å². The fourth-order valence-electron chi connectivity index (χ4n) is 6.02. The predicted molar refractivity (Wildman–Crippen MR) is 177 cm³/mol. The molecule has 1 amide bonds. The molecule has 0 unspecified atom stereocenters. The molecule has 1 saturated heterocycles. The van der Waals surface area contributed by atoms with E-state index in [0.29, 0.717) is 53.3 Å². The molecule has 2 aliphatic heterocycles. The van der Waals surface area contributed by atoms with Gasteiger partial charge in [-0.1, -0.05) is 37.3 Å². The SMILES string of the molecule is CCOc1cc([C@@H]2/C(=C(\O)c3ccc4c(c3)C[C@H](C)O4)C(=O)C(=O)N2c2nc3c(C)cc(C)cc3s2)ccc1OCCC(C)C. The van der Waals surface area contributed by atoms with E-state index in [1.54, 1.807) is 24.3 Å². The highest BCUT2D eigenvalue weighted by atomic mass is 32.1. The molecule has 9 heteroatoms. The van der Waals surface area contributed by atoms with Crippen molar-refractivity contribution in [3.05, 3.63) is 81.9 Å². The maximum absolute atomic E-state index is 13.9. The quantitative estimate of drug-likeness (QED) is 0.116. The molecule has 45 heavy (non-hydrogen) atoms. The number of fused-ring (bicyclic) bond motifs is 2. The highest BCUT2D eigenvalue weighted by Gasteiger charge is 2.48. The van der Waals surface area contributed by atoms with Crippen molar-refractivity contribution >= 4 is 44.1 Å². The fourth-order valence-corrected chi connectivity index (χ4v) is 7.19. The zero-order valence-electron chi connectivity index (χ0n) is 26.5. The Balaban J connectivity index is 1.51. The van der Waals surface area contributed by atoms with Crippen LogP contribution in [-0.4, -0.2) is 41.1 Å². The van der Waals surface area contributed by atoms with Crippen LogP contribution in [0.3, 0.4) is 0 Å². The number of aryl methyl sites for hydroxylation is 2. The van der Waals surface area contributed by atoms with Crippen LogP contribution >= 0.6 is 11.3 Å². The second-order valence-corrected chi connectivity index (χ2v) is 13.2. The number of aliphatic hydroxyl groups is 1. The van der Waals surface area contributed by atoms with Gasteiger partial charge < -0.3 is 19.3 Å². The van der Waals surface area contributed by atoms with E-state index in [4.69, 9.17) is 19.2 Å². The van der Waals surface area contributed by atoms with Gasteiger partial charge in [0.25, 0.3) is 5.78 Å². The fraction of sp³-hybridized carbons (Fsp3) is 0.361. The van der Waals surface area contributed by atoms with E-state index in [1.807, 2.05) is 52.0 Å². The molecule has 1 aromatic heterocycles. The van der Waals surface area contributed by atoms with Crippen LogP contribution in [0.25, 0.3) is 16.0 Å². The largest absolute Gasteiger partial charge is 0.507 e. The lowest BCUT2D eigenvalue weighted by molar-refractivity contribution is -0.132. The van der Waals surface area contributed by atoms with Crippen LogP contribution < -0.4 is 19.1 Å². The first-order valence-electron chi connectivity index (χ1n) is 15.4. The first-order valence-corrected chi connectivity index (χ1v) is 16.3. The third kappa shape index (κ3) is 5.77.